The van der Waals surface area contributed by atoms with E-state index >= 15 is 0 Å². The Kier molecular flexibility index (Phi) is 7.73. The molecule has 0 saturated heterocycles. The van der Waals surface area contributed by atoms with Gasteiger partial charge in [-0.05, 0) is 73.9 Å². The number of para-hydroxylation sites is 1. The summed E-state index contributed by atoms with van der Waals surface area (Å²) in [5.41, 5.74) is 3.93. The Morgan fingerprint density at radius 1 is 0.941 bits per heavy atom. The van der Waals surface area contributed by atoms with Crippen LogP contribution in [0, 0.1) is 13.8 Å². The zero-order valence-electron chi connectivity index (χ0n) is 19.6. The number of nitrogens with zero attached hydrogens (tertiary/aromatic N) is 1. The van der Waals surface area contributed by atoms with E-state index in [-0.39, 0.29) is 16.5 Å². The molecule has 3 aromatic carbocycles. The molecule has 1 N–H and O–H groups in total. The van der Waals surface area contributed by atoms with Gasteiger partial charge in [0.25, 0.3) is 15.9 Å². The van der Waals surface area contributed by atoms with Crippen LogP contribution in [0.15, 0.2) is 77.7 Å². The van der Waals surface area contributed by atoms with Crippen LogP contribution in [0.5, 0.6) is 0 Å². The molecule has 0 bridgehead atoms. The summed E-state index contributed by atoms with van der Waals surface area (Å²) in [5, 5.41) is 2.81. The highest BCUT2D eigenvalue weighted by atomic mass is 32.2. The number of anilines is 1. The fraction of sp³-hybridized carbons (Fsp3) is 0.231. The van der Waals surface area contributed by atoms with Crippen molar-refractivity contribution in [3.63, 3.8) is 0 Å². The molecule has 34 heavy (non-hydrogen) atoms. The minimum Gasteiger partial charge on any atom is -0.452 e. The maximum Gasteiger partial charge on any atom is 0.338 e. The van der Waals surface area contributed by atoms with Gasteiger partial charge in [0, 0.05) is 7.05 Å². The number of rotatable bonds is 8. The SMILES string of the molecule is Cc1ccc(C(C)NC(=O)COC(=O)c2ccc(S(=O)(=O)N(C)c3ccccc3)cc2)cc1C. The lowest BCUT2D eigenvalue weighted by Gasteiger charge is -2.19. The number of hydrogen-bond donors (Lipinski definition) is 1. The average molecular weight is 481 g/mol. The molecular formula is C26H28N2O5S. The third-order valence-corrected chi connectivity index (χ3v) is 7.41. The fourth-order valence-corrected chi connectivity index (χ4v) is 4.51. The van der Waals surface area contributed by atoms with E-state index < -0.39 is 28.5 Å². The number of carbonyl (C=O) groups is 2. The molecule has 0 aliphatic carbocycles. The molecule has 0 fully saturated rings. The van der Waals surface area contributed by atoms with Crippen LogP contribution in [0.2, 0.25) is 0 Å². The number of hydrogen-bond acceptors (Lipinski definition) is 5. The molecule has 178 valence electrons. The highest BCUT2D eigenvalue weighted by Crippen LogP contribution is 2.22. The van der Waals surface area contributed by atoms with E-state index in [0.717, 1.165) is 11.1 Å². The molecule has 0 saturated carbocycles. The Hall–Kier alpha value is -3.65. The molecule has 0 aliphatic heterocycles. The molecule has 1 amide bonds. The maximum atomic E-state index is 12.8. The summed E-state index contributed by atoms with van der Waals surface area (Å²) in [6, 6.07) is 19.8. The minimum atomic E-state index is -3.79. The standard InChI is InChI=1S/C26H28N2O5S/c1-18-10-11-22(16-19(18)2)20(3)27-25(29)17-33-26(30)21-12-14-24(15-13-21)34(31,32)28(4)23-8-6-5-7-9-23/h5-16,20H,17H2,1-4H3,(H,27,29). The first kappa shape index (κ1) is 25.0. The summed E-state index contributed by atoms with van der Waals surface area (Å²) in [5.74, 6) is -1.14. The summed E-state index contributed by atoms with van der Waals surface area (Å²) < 4.78 is 32.0. The molecule has 3 rings (SSSR count). The van der Waals surface area contributed by atoms with Crippen molar-refractivity contribution in [1.82, 2.24) is 5.32 Å². The van der Waals surface area contributed by atoms with Crippen molar-refractivity contribution in [1.29, 1.82) is 0 Å². The monoisotopic (exact) mass is 480 g/mol. The number of benzene rings is 3. The minimum absolute atomic E-state index is 0.0374. The van der Waals surface area contributed by atoms with E-state index in [9.17, 15) is 18.0 Å². The molecule has 1 unspecified atom stereocenters. The summed E-state index contributed by atoms with van der Waals surface area (Å²) >= 11 is 0. The highest BCUT2D eigenvalue weighted by Gasteiger charge is 2.22. The second-order valence-corrected chi connectivity index (χ2v) is 10.0. The van der Waals surface area contributed by atoms with Gasteiger partial charge >= 0.3 is 5.97 Å². The summed E-state index contributed by atoms with van der Waals surface area (Å²) in [7, 11) is -2.33. The first-order valence-electron chi connectivity index (χ1n) is 10.8. The predicted molar refractivity (Wildman–Crippen MR) is 131 cm³/mol. The summed E-state index contributed by atoms with van der Waals surface area (Å²) in [4.78, 5) is 24.6. The lowest BCUT2D eigenvalue weighted by Crippen LogP contribution is -2.31. The van der Waals surface area contributed by atoms with Crippen molar-refractivity contribution in [2.75, 3.05) is 18.0 Å². The Labute approximate surface area is 200 Å². The van der Waals surface area contributed by atoms with Crippen molar-refractivity contribution in [2.24, 2.45) is 0 Å². The number of ether oxygens (including phenoxy) is 1. The van der Waals surface area contributed by atoms with Crippen LogP contribution in [0.4, 0.5) is 5.69 Å². The van der Waals surface area contributed by atoms with E-state index in [0.29, 0.717) is 5.69 Å². The first-order valence-corrected chi connectivity index (χ1v) is 12.2. The van der Waals surface area contributed by atoms with Crippen LogP contribution >= 0.6 is 0 Å². The Morgan fingerprint density at radius 2 is 1.59 bits per heavy atom. The van der Waals surface area contributed by atoms with Gasteiger partial charge in [-0.1, -0.05) is 36.4 Å². The van der Waals surface area contributed by atoms with Crippen molar-refractivity contribution in [2.45, 2.75) is 31.7 Å². The number of esters is 1. The number of nitrogens with one attached hydrogen (secondary N) is 1. The third kappa shape index (κ3) is 5.82. The molecule has 8 heteroatoms. The third-order valence-electron chi connectivity index (χ3n) is 5.61. The second kappa shape index (κ2) is 10.5. The molecule has 0 heterocycles. The Balaban J connectivity index is 1.58. The summed E-state index contributed by atoms with van der Waals surface area (Å²) in [6.07, 6.45) is 0. The van der Waals surface area contributed by atoms with Crippen LogP contribution in [0.25, 0.3) is 0 Å². The van der Waals surface area contributed by atoms with Crippen molar-refractivity contribution < 1.29 is 22.7 Å². The molecule has 7 nitrogen and oxygen atoms in total. The molecule has 3 aromatic rings. The largest absolute Gasteiger partial charge is 0.452 e. The van der Waals surface area contributed by atoms with Crippen LogP contribution in [0.3, 0.4) is 0 Å². The number of aryl methyl sites for hydroxylation is 2. The van der Waals surface area contributed by atoms with Crippen molar-refractivity contribution >= 4 is 27.6 Å². The topological polar surface area (TPSA) is 92.8 Å². The zero-order valence-corrected chi connectivity index (χ0v) is 20.4. The molecular weight excluding hydrogens is 452 g/mol. The number of sulfonamides is 1. The van der Waals surface area contributed by atoms with Crippen LogP contribution in [0.1, 0.15) is 40.0 Å². The molecule has 0 aliphatic rings. The van der Waals surface area contributed by atoms with Crippen LogP contribution in [-0.4, -0.2) is 33.9 Å². The van der Waals surface area contributed by atoms with E-state index in [1.807, 2.05) is 39.0 Å². The van der Waals surface area contributed by atoms with Gasteiger partial charge in [0.2, 0.25) is 0 Å². The zero-order chi connectivity index (χ0) is 24.9. The number of amides is 1. The van der Waals surface area contributed by atoms with Gasteiger partial charge in [-0.2, -0.15) is 0 Å². The van der Waals surface area contributed by atoms with E-state index in [1.165, 1.54) is 41.2 Å². The van der Waals surface area contributed by atoms with Gasteiger partial charge in [-0.15, -0.1) is 0 Å². The lowest BCUT2D eigenvalue weighted by atomic mass is 10.0. The number of carbonyl (C=O) groups excluding carboxylic acids is 2. The first-order chi connectivity index (χ1) is 16.1. The smallest absolute Gasteiger partial charge is 0.338 e. The van der Waals surface area contributed by atoms with Crippen molar-refractivity contribution in [3.05, 3.63) is 95.1 Å². The molecule has 1 atom stereocenters. The van der Waals surface area contributed by atoms with Gasteiger partial charge in [0.15, 0.2) is 6.61 Å². The van der Waals surface area contributed by atoms with E-state index in [1.54, 1.807) is 30.3 Å². The quantitative estimate of drug-likeness (QED) is 0.489. The van der Waals surface area contributed by atoms with Gasteiger partial charge < -0.3 is 10.1 Å². The fourth-order valence-electron chi connectivity index (χ4n) is 3.31. The highest BCUT2D eigenvalue weighted by molar-refractivity contribution is 7.92. The predicted octanol–water partition coefficient (Wildman–Crippen LogP) is 4.16. The summed E-state index contributed by atoms with van der Waals surface area (Å²) in [6.45, 7) is 5.44. The molecule has 0 spiro atoms. The van der Waals surface area contributed by atoms with Gasteiger partial charge in [-0.25, -0.2) is 13.2 Å². The average Bonchev–Trinajstić information content (AvgIpc) is 2.84. The maximum absolute atomic E-state index is 12.8. The van der Waals surface area contributed by atoms with E-state index in [2.05, 4.69) is 5.32 Å². The lowest BCUT2D eigenvalue weighted by molar-refractivity contribution is -0.124. The van der Waals surface area contributed by atoms with Crippen LogP contribution in [-0.2, 0) is 19.6 Å². The Bertz CT molecular complexity index is 1270. The van der Waals surface area contributed by atoms with E-state index in [4.69, 9.17) is 4.74 Å². The van der Waals surface area contributed by atoms with Gasteiger partial charge in [-0.3, -0.25) is 9.10 Å². The normalized spacial score (nSPS) is 12.0. The molecule has 0 radical (unpaired) electrons. The Morgan fingerprint density at radius 3 is 2.21 bits per heavy atom. The van der Waals surface area contributed by atoms with Gasteiger partial charge in [0.1, 0.15) is 0 Å². The second-order valence-electron chi connectivity index (χ2n) is 8.04. The molecule has 0 aromatic heterocycles. The van der Waals surface area contributed by atoms with Gasteiger partial charge in [0.05, 0.1) is 22.2 Å². The van der Waals surface area contributed by atoms with Crippen LogP contribution < -0.4 is 9.62 Å². The van der Waals surface area contributed by atoms with Crippen molar-refractivity contribution in [3.8, 4) is 0 Å².